The van der Waals surface area contributed by atoms with Crippen LogP contribution in [0.5, 0.6) is 5.75 Å². The number of ether oxygens (including phenoxy) is 2. The first-order valence-corrected chi connectivity index (χ1v) is 6.01. The fraction of sp³-hybridized carbons (Fsp3) is 0.571. The largest absolute Gasteiger partial charge is 0.497 e. The Bertz CT molecular complexity index is 341. The van der Waals surface area contributed by atoms with Crippen molar-refractivity contribution in [3.63, 3.8) is 0 Å². The van der Waals surface area contributed by atoms with Gasteiger partial charge in [-0.05, 0) is 38.5 Å². The first kappa shape index (κ1) is 14.0. The smallest absolute Gasteiger partial charge is 0.119 e. The lowest BCUT2D eigenvalue weighted by atomic mass is 10.1. The Labute approximate surface area is 104 Å². The Morgan fingerprint density at radius 3 is 2.41 bits per heavy atom. The molecule has 0 bridgehead atoms. The van der Waals surface area contributed by atoms with E-state index >= 15 is 0 Å². The monoisotopic (exact) mass is 237 g/mol. The van der Waals surface area contributed by atoms with Crippen LogP contribution >= 0.6 is 0 Å². The van der Waals surface area contributed by atoms with Crippen molar-refractivity contribution in [2.75, 3.05) is 14.2 Å². The number of hydrogen-bond acceptors (Lipinski definition) is 3. The maximum absolute atomic E-state index is 5.31. The number of hydrogen-bond donors (Lipinski definition) is 1. The van der Waals surface area contributed by atoms with Crippen molar-refractivity contribution < 1.29 is 9.47 Å². The van der Waals surface area contributed by atoms with Crippen molar-refractivity contribution >= 4 is 0 Å². The average molecular weight is 237 g/mol. The summed E-state index contributed by atoms with van der Waals surface area (Å²) in [5.41, 5.74) is 1.22. The topological polar surface area (TPSA) is 30.5 Å². The summed E-state index contributed by atoms with van der Waals surface area (Å²) in [4.78, 5) is 0. The van der Waals surface area contributed by atoms with Gasteiger partial charge in [0.1, 0.15) is 5.75 Å². The van der Waals surface area contributed by atoms with E-state index in [4.69, 9.17) is 9.47 Å². The summed E-state index contributed by atoms with van der Waals surface area (Å²) >= 11 is 0. The normalized spacial score (nSPS) is 16.3. The standard InChI is InChI=1S/C14H23NO2/c1-10(12(3)16-4)15-11(2)13-7-6-8-14(9-13)17-5/h6-12,15H,1-5H3/t10?,11-,12?/m1/s1. The van der Waals surface area contributed by atoms with Gasteiger partial charge in [0, 0.05) is 19.2 Å². The van der Waals surface area contributed by atoms with Crippen molar-refractivity contribution in [1.82, 2.24) is 5.32 Å². The Hall–Kier alpha value is -1.06. The molecule has 1 rings (SSSR count). The van der Waals surface area contributed by atoms with Crippen LogP contribution < -0.4 is 10.1 Å². The molecule has 3 atom stereocenters. The van der Waals surface area contributed by atoms with Crippen LogP contribution in [0.2, 0.25) is 0 Å². The average Bonchev–Trinajstić information content (AvgIpc) is 2.37. The predicted molar refractivity (Wildman–Crippen MR) is 70.5 cm³/mol. The lowest BCUT2D eigenvalue weighted by Crippen LogP contribution is -2.38. The first-order valence-electron chi connectivity index (χ1n) is 6.01. The van der Waals surface area contributed by atoms with Crippen LogP contribution in [-0.2, 0) is 4.74 Å². The van der Waals surface area contributed by atoms with E-state index in [1.807, 2.05) is 12.1 Å². The fourth-order valence-corrected chi connectivity index (χ4v) is 1.74. The minimum absolute atomic E-state index is 0.197. The molecule has 0 heterocycles. The van der Waals surface area contributed by atoms with E-state index < -0.39 is 0 Å². The molecule has 3 nitrogen and oxygen atoms in total. The van der Waals surface area contributed by atoms with Crippen molar-refractivity contribution in [2.45, 2.75) is 39.0 Å². The van der Waals surface area contributed by atoms with E-state index in [-0.39, 0.29) is 12.1 Å². The van der Waals surface area contributed by atoms with Crippen molar-refractivity contribution in [3.8, 4) is 5.75 Å². The lowest BCUT2D eigenvalue weighted by Gasteiger charge is -2.24. The van der Waals surface area contributed by atoms with Gasteiger partial charge in [0.15, 0.2) is 0 Å². The summed E-state index contributed by atoms with van der Waals surface area (Å²) in [5.74, 6) is 0.892. The number of methoxy groups -OCH3 is 2. The maximum Gasteiger partial charge on any atom is 0.119 e. The van der Waals surface area contributed by atoms with Gasteiger partial charge in [-0.25, -0.2) is 0 Å². The van der Waals surface area contributed by atoms with Gasteiger partial charge in [-0.3, -0.25) is 0 Å². The molecule has 17 heavy (non-hydrogen) atoms. The van der Waals surface area contributed by atoms with Crippen LogP contribution in [0.25, 0.3) is 0 Å². The highest BCUT2D eigenvalue weighted by Crippen LogP contribution is 2.19. The Kier molecular flexibility index (Phi) is 5.45. The molecule has 1 aromatic carbocycles. The molecule has 0 aliphatic heterocycles. The van der Waals surface area contributed by atoms with E-state index in [0.717, 1.165) is 5.75 Å². The molecular weight excluding hydrogens is 214 g/mol. The molecular formula is C14H23NO2. The number of rotatable bonds is 6. The molecule has 0 saturated heterocycles. The Morgan fingerprint density at radius 2 is 1.82 bits per heavy atom. The highest BCUT2D eigenvalue weighted by atomic mass is 16.5. The molecule has 0 fully saturated rings. The zero-order valence-electron chi connectivity index (χ0n) is 11.4. The lowest BCUT2D eigenvalue weighted by molar-refractivity contribution is 0.0852. The summed E-state index contributed by atoms with van der Waals surface area (Å²) < 4.78 is 10.5. The van der Waals surface area contributed by atoms with Gasteiger partial charge in [-0.2, -0.15) is 0 Å². The minimum Gasteiger partial charge on any atom is -0.497 e. The molecule has 3 heteroatoms. The second-order valence-corrected chi connectivity index (χ2v) is 4.39. The van der Waals surface area contributed by atoms with Crippen LogP contribution in [0.15, 0.2) is 24.3 Å². The third-order valence-electron chi connectivity index (χ3n) is 3.18. The van der Waals surface area contributed by atoms with Crippen LogP contribution in [0, 0.1) is 0 Å². The third kappa shape index (κ3) is 4.02. The zero-order valence-corrected chi connectivity index (χ0v) is 11.4. The summed E-state index contributed by atoms with van der Waals surface area (Å²) in [6.45, 7) is 6.34. The highest BCUT2D eigenvalue weighted by molar-refractivity contribution is 5.30. The van der Waals surface area contributed by atoms with E-state index in [9.17, 15) is 0 Å². The molecule has 0 saturated carbocycles. The molecule has 0 aliphatic carbocycles. The molecule has 0 amide bonds. The fourth-order valence-electron chi connectivity index (χ4n) is 1.74. The van der Waals surface area contributed by atoms with Gasteiger partial charge < -0.3 is 14.8 Å². The quantitative estimate of drug-likeness (QED) is 0.825. The molecule has 1 aromatic rings. The second-order valence-electron chi connectivity index (χ2n) is 4.39. The summed E-state index contributed by atoms with van der Waals surface area (Å²) in [6, 6.07) is 8.71. The molecule has 0 aliphatic rings. The van der Waals surface area contributed by atoms with Crippen molar-refractivity contribution in [2.24, 2.45) is 0 Å². The van der Waals surface area contributed by atoms with E-state index in [1.165, 1.54) is 5.56 Å². The van der Waals surface area contributed by atoms with Gasteiger partial charge in [0.05, 0.1) is 13.2 Å². The van der Waals surface area contributed by atoms with Gasteiger partial charge >= 0.3 is 0 Å². The van der Waals surface area contributed by atoms with Gasteiger partial charge in [-0.15, -0.1) is 0 Å². The van der Waals surface area contributed by atoms with Crippen molar-refractivity contribution in [1.29, 1.82) is 0 Å². The van der Waals surface area contributed by atoms with Gasteiger partial charge in [0.2, 0.25) is 0 Å². The molecule has 0 radical (unpaired) electrons. The molecule has 2 unspecified atom stereocenters. The number of nitrogens with one attached hydrogen (secondary N) is 1. The maximum atomic E-state index is 5.31. The molecule has 0 aromatic heterocycles. The summed E-state index contributed by atoms with van der Waals surface area (Å²) in [6.07, 6.45) is 0.197. The van der Waals surface area contributed by atoms with Crippen LogP contribution in [-0.4, -0.2) is 26.4 Å². The summed E-state index contributed by atoms with van der Waals surface area (Å²) in [7, 11) is 3.42. The third-order valence-corrected chi connectivity index (χ3v) is 3.18. The van der Waals surface area contributed by atoms with Gasteiger partial charge in [0.25, 0.3) is 0 Å². The zero-order chi connectivity index (χ0) is 12.8. The second kappa shape index (κ2) is 6.62. The van der Waals surface area contributed by atoms with E-state index in [1.54, 1.807) is 14.2 Å². The Morgan fingerprint density at radius 1 is 1.12 bits per heavy atom. The van der Waals surface area contributed by atoms with Gasteiger partial charge in [-0.1, -0.05) is 12.1 Å². The summed E-state index contributed by atoms with van der Waals surface area (Å²) in [5, 5.41) is 3.52. The van der Waals surface area contributed by atoms with Crippen molar-refractivity contribution in [3.05, 3.63) is 29.8 Å². The molecule has 96 valence electrons. The predicted octanol–water partition coefficient (Wildman–Crippen LogP) is 2.77. The Balaban J connectivity index is 2.65. The van der Waals surface area contributed by atoms with Crippen LogP contribution in [0.4, 0.5) is 0 Å². The van der Waals surface area contributed by atoms with Crippen LogP contribution in [0.3, 0.4) is 0 Å². The molecule has 0 spiro atoms. The van der Waals surface area contributed by atoms with Crippen LogP contribution in [0.1, 0.15) is 32.4 Å². The van der Waals surface area contributed by atoms with E-state index in [0.29, 0.717) is 6.04 Å². The minimum atomic E-state index is 0.197. The highest BCUT2D eigenvalue weighted by Gasteiger charge is 2.15. The first-order chi connectivity index (χ1) is 8.08. The SMILES string of the molecule is COc1cccc([C@@H](C)NC(C)C(C)OC)c1. The molecule has 1 N–H and O–H groups in total. The van der Waals surface area contributed by atoms with E-state index in [2.05, 4.69) is 38.2 Å². The number of benzene rings is 1.